The lowest BCUT2D eigenvalue weighted by Gasteiger charge is -2.09. The van der Waals surface area contributed by atoms with Crippen LogP contribution in [0, 0.1) is 12.8 Å². The van der Waals surface area contributed by atoms with Gasteiger partial charge in [-0.25, -0.2) is 15.8 Å². The minimum absolute atomic E-state index is 0.562. The van der Waals surface area contributed by atoms with Crippen molar-refractivity contribution in [1.82, 2.24) is 9.97 Å². The second-order valence-corrected chi connectivity index (χ2v) is 5.49. The van der Waals surface area contributed by atoms with Crippen molar-refractivity contribution < 1.29 is 4.42 Å². The Balaban J connectivity index is 1.98. The number of nitrogens with two attached hydrogens (primary N) is 1. The maximum atomic E-state index is 5.91. The van der Waals surface area contributed by atoms with Crippen LogP contribution in [0.3, 0.4) is 0 Å². The summed E-state index contributed by atoms with van der Waals surface area (Å²) in [5.74, 6) is 9.82. The number of hydrogen-bond donors (Lipinski definition) is 2. The SMILES string of the molecule is CCc1nc(-c2ccc(C3CC3C)o2)nc(NN)c1C. The predicted molar refractivity (Wildman–Crippen MR) is 78.2 cm³/mol. The quantitative estimate of drug-likeness (QED) is 0.661. The third-order valence-electron chi connectivity index (χ3n) is 4.04. The molecule has 106 valence electrons. The number of aromatic nitrogens is 2. The Labute approximate surface area is 118 Å². The number of nitrogen functional groups attached to an aromatic ring is 1. The van der Waals surface area contributed by atoms with Crippen LogP contribution in [0.15, 0.2) is 16.5 Å². The van der Waals surface area contributed by atoms with E-state index in [0.29, 0.717) is 23.3 Å². The highest BCUT2D eigenvalue weighted by atomic mass is 16.3. The molecule has 0 amide bonds. The fourth-order valence-corrected chi connectivity index (χ4v) is 2.55. The molecular weight excluding hydrogens is 252 g/mol. The molecule has 1 aliphatic rings. The molecule has 2 aromatic rings. The molecule has 2 heterocycles. The van der Waals surface area contributed by atoms with E-state index in [-0.39, 0.29) is 0 Å². The van der Waals surface area contributed by atoms with Crippen LogP contribution >= 0.6 is 0 Å². The third kappa shape index (κ3) is 2.18. The van der Waals surface area contributed by atoms with Crippen molar-refractivity contribution in [3.63, 3.8) is 0 Å². The highest BCUT2D eigenvalue weighted by molar-refractivity contribution is 5.55. The zero-order valence-electron chi connectivity index (χ0n) is 12.1. The van der Waals surface area contributed by atoms with Crippen molar-refractivity contribution in [2.45, 2.75) is 39.5 Å². The van der Waals surface area contributed by atoms with E-state index in [9.17, 15) is 0 Å². The largest absolute Gasteiger partial charge is 0.457 e. The fourth-order valence-electron chi connectivity index (χ4n) is 2.55. The number of nitrogens with zero attached hydrogens (tertiary/aromatic N) is 2. The van der Waals surface area contributed by atoms with Crippen LogP contribution in [-0.2, 0) is 6.42 Å². The van der Waals surface area contributed by atoms with Crippen LogP contribution in [-0.4, -0.2) is 9.97 Å². The van der Waals surface area contributed by atoms with Crippen molar-refractivity contribution in [3.05, 3.63) is 29.2 Å². The summed E-state index contributed by atoms with van der Waals surface area (Å²) >= 11 is 0. The number of anilines is 1. The smallest absolute Gasteiger partial charge is 0.197 e. The van der Waals surface area contributed by atoms with Crippen LogP contribution in [0.25, 0.3) is 11.6 Å². The molecule has 3 N–H and O–H groups in total. The first-order chi connectivity index (χ1) is 9.63. The zero-order chi connectivity index (χ0) is 14.3. The molecule has 2 unspecified atom stereocenters. The minimum atomic E-state index is 0.562. The predicted octanol–water partition coefficient (Wildman–Crippen LogP) is 3.02. The van der Waals surface area contributed by atoms with Crippen LogP contribution in [0.4, 0.5) is 5.82 Å². The Kier molecular flexibility index (Phi) is 3.22. The van der Waals surface area contributed by atoms with Crippen LogP contribution in [0.2, 0.25) is 0 Å². The summed E-state index contributed by atoms with van der Waals surface area (Å²) in [5.41, 5.74) is 4.61. The molecule has 5 nitrogen and oxygen atoms in total. The third-order valence-corrected chi connectivity index (χ3v) is 4.04. The molecule has 0 radical (unpaired) electrons. The van der Waals surface area contributed by atoms with Gasteiger partial charge in [0.15, 0.2) is 11.6 Å². The number of hydrazine groups is 1. The van der Waals surface area contributed by atoms with Gasteiger partial charge in [-0.05, 0) is 37.8 Å². The number of furan rings is 1. The number of rotatable bonds is 4. The van der Waals surface area contributed by atoms with Gasteiger partial charge in [-0.1, -0.05) is 13.8 Å². The normalized spacial score (nSPS) is 21.0. The van der Waals surface area contributed by atoms with E-state index < -0.39 is 0 Å². The monoisotopic (exact) mass is 272 g/mol. The molecule has 0 bridgehead atoms. The van der Waals surface area contributed by atoms with E-state index in [2.05, 4.69) is 29.2 Å². The van der Waals surface area contributed by atoms with E-state index in [4.69, 9.17) is 10.3 Å². The maximum Gasteiger partial charge on any atom is 0.197 e. The fraction of sp³-hybridized carbons (Fsp3) is 0.467. The van der Waals surface area contributed by atoms with Gasteiger partial charge in [-0.2, -0.15) is 0 Å². The van der Waals surface area contributed by atoms with Gasteiger partial charge in [0, 0.05) is 17.2 Å². The molecule has 2 atom stereocenters. The highest BCUT2D eigenvalue weighted by Gasteiger charge is 2.36. The Morgan fingerprint density at radius 2 is 2.15 bits per heavy atom. The molecule has 20 heavy (non-hydrogen) atoms. The Morgan fingerprint density at radius 3 is 2.75 bits per heavy atom. The summed E-state index contributed by atoms with van der Waals surface area (Å²) in [5, 5.41) is 0. The Hall–Kier alpha value is -1.88. The Bertz CT molecular complexity index is 610. The van der Waals surface area contributed by atoms with Crippen molar-refractivity contribution in [3.8, 4) is 11.6 Å². The highest BCUT2D eigenvalue weighted by Crippen LogP contribution is 2.47. The van der Waals surface area contributed by atoms with Gasteiger partial charge in [-0.15, -0.1) is 0 Å². The van der Waals surface area contributed by atoms with Crippen molar-refractivity contribution in [1.29, 1.82) is 0 Å². The maximum absolute atomic E-state index is 5.91. The van der Waals surface area contributed by atoms with E-state index >= 15 is 0 Å². The van der Waals surface area contributed by atoms with Gasteiger partial charge < -0.3 is 9.84 Å². The summed E-state index contributed by atoms with van der Waals surface area (Å²) in [6.07, 6.45) is 2.04. The molecule has 0 aromatic carbocycles. The van der Waals surface area contributed by atoms with Gasteiger partial charge >= 0.3 is 0 Å². The lowest BCUT2D eigenvalue weighted by molar-refractivity contribution is 0.514. The zero-order valence-corrected chi connectivity index (χ0v) is 12.1. The molecule has 1 aliphatic carbocycles. The van der Waals surface area contributed by atoms with Gasteiger partial charge in [-0.3, -0.25) is 0 Å². The first-order valence-electron chi connectivity index (χ1n) is 7.08. The summed E-state index contributed by atoms with van der Waals surface area (Å²) in [6.45, 7) is 6.27. The van der Waals surface area contributed by atoms with E-state index in [1.807, 2.05) is 19.1 Å². The Morgan fingerprint density at radius 1 is 1.40 bits per heavy atom. The first-order valence-corrected chi connectivity index (χ1v) is 7.08. The average Bonchev–Trinajstić information content (AvgIpc) is 3.00. The number of nitrogens with one attached hydrogen (secondary N) is 1. The molecule has 1 saturated carbocycles. The molecule has 0 aliphatic heterocycles. The van der Waals surface area contributed by atoms with E-state index in [1.54, 1.807) is 0 Å². The molecule has 5 heteroatoms. The summed E-state index contributed by atoms with van der Waals surface area (Å²) in [6, 6.07) is 3.98. The molecule has 0 saturated heterocycles. The van der Waals surface area contributed by atoms with E-state index in [1.165, 1.54) is 6.42 Å². The average molecular weight is 272 g/mol. The first kappa shape index (κ1) is 13.1. The number of aryl methyl sites for hydroxylation is 1. The number of hydrogen-bond acceptors (Lipinski definition) is 5. The molecule has 1 fully saturated rings. The van der Waals surface area contributed by atoms with E-state index in [0.717, 1.165) is 29.4 Å². The lowest BCUT2D eigenvalue weighted by atomic mass is 10.2. The van der Waals surface area contributed by atoms with Gasteiger partial charge in [0.25, 0.3) is 0 Å². The van der Waals surface area contributed by atoms with Crippen molar-refractivity contribution in [2.24, 2.45) is 11.8 Å². The van der Waals surface area contributed by atoms with Crippen LogP contribution < -0.4 is 11.3 Å². The van der Waals surface area contributed by atoms with Crippen molar-refractivity contribution in [2.75, 3.05) is 5.43 Å². The van der Waals surface area contributed by atoms with Gasteiger partial charge in [0.2, 0.25) is 0 Å². The van der Waals surface area contributed by atoms with Crippen LogP contribution in [0.5, 0.6) is 0 Å². The van der Waals surface area contributed by atoms with Gasteiger partial charge in [0.1, 0.15) is 11.6 Å². The molecule has 3 rings (SSSR count). The standard InChI is InChI=1S/C15H20N4O/c1-4-11-9(3)14(19-16)18-15(17-11)13-6-5-12(20-13)10-7-8(10)2/h5-6,8,10H,4,7,16H2,1-3H3,(H,17,18,19). The molecular formula is C15H20N4O. The lowest BCUT2D eigenvalue weighted by Crippen LogP contribution is -2.13. The second kappa shape index (κ2) is 4.90. The summed E-state index contributed by atoms with van der Waals surface area (Å²) < 4.78 is 5.91. The summed E-state index contributed by atoms with van der Waals surface area (Å²) in [7, 11) is 0. The van der Waals surface area contributed by atoms with Crippen LogP contribution in [0.1, 0.15) is 43.2 Å². The topological polar surface area (TPSA) is 77.0 Å². The minimum Gasteiger partial charge on any atom is -0.457 e. The van der Waals surface area contributed by atoms with Gasteiger partial charge in [0.05, 0.1) is 0 Å². The molecule has 2 aromatic heterocycles. The molecule has 0 spiro atoms. The second-order valence-electron chi connectivity index (χ2n) is 5.49. The van der Waals surface area contributed by atoms with Crippen molar-refractivity contribution >= 4 is 5.82 Å². The summed E-state index contributed by atoms with van der Waals surface area (Å²) in [4.78, 5) is 9.02.